The number of carbonyl (C=O) groups excluding carboxylic acids is 1. The summed E-state index contributed by atoms with van der Waals surface area (Å²) in [6.07, 6.45) is 0. The molecule has 2 aromatic rings. The number of hydrazine groups is 1. The van der Waals surface area contributed by atoms with Crippen LogP contribution < -0.4 is 15.6 Å². The van der Waals surface area contributed by atoms with E-state index in [2.05, 4.69) is 10.9 Å². The van der Waals surface area contributed by atoms with Crippen LogP contribution in [0.2, 0.25) is 10.0 Å². The molecule has 4 nitrogen and oxygen atoms in total. The lowest BCUT2D eigenvalue weighted by molar-refractivity contribution is -0.131. The highest BCUT2D eigenvalue weighted by Gasteiger charge is 2.10. The van der Waals surface area contributed by atoms with Crippen molar-refractivity contribution in [1.82, 2.24) is 5.43 Å². The first-order valence-electron chi connectivity index (χ1n) is 6.26. The lowest BCUT2D eigenvalue weighted by atomic mass is 10.2. The van der Waals surface area contributed by atoms with E-state index in [4.69, 9.17) is 27.9 Å². The highest BCUT2D eigenvalue weighted by Crippen LogP contribution is 2.30. The van der Waals surface area contributed by atoms with Gasteiger partial charge in [0.2, 0.25) is 0 Å². The van der Waals surface area contributed by atoms with Crippen molar-refractivity contribution in [3.8, 4) is 5.75 Å². The molecule has 0 heterocycles. The Bertz CT molecular complexity index is 610. The fourth-order valence-electron chi connectivity index (χ4n) is 1.73. The molecule has 0 aliphatic rings. The Labute approximate surface area is 133 Å². The molecule has 0 fully saturated rings. The number of nitrogens with one attached hydrogen (secondary N) is 2. The maximum absolute atomic E-state index is 10.9. The summed E-state index contributed by atoms with van der Waals surface area (Å²) < 4.78 is 4.96. The van der Waals surface area contributed by atoms with Gasteiger partial charge in [-0.2, -0.15) is 0 Å². The molecule has 0 aliphatic carbocycles. The predicted molar refractivity (Wildman–Crippen MR) is 84.7 cm³/mol. The average molecular weight is 325 g/mol. The molecule has 110 valence electrons. The third-order valence-electron chi connectivity index (χ3n) is 2.65. The summed E-state index contributed by atoms with van der Waals surface area (Å²) >= 11 is 12.3. The molecule has 0 saturated carbocycles. The zero-order valence-corrected chi connectivity index (χ0v) is 12.8. The smallest absolute Gasteiger partial charge is 0.308 e. The molecular formula is C15H14Cl2N2O2. The lowest BCUT2D eigenvalue weighted by Crippen LogP contribution is -2.21. The van der Waals surface area contributed by atoms with Crippen molar-refractivity contribution >= 4 is 34.9 Å². The van der Waals surface area contributed by atoms with Gasteiger partial charge in [-0.1, -0.05) is 41.4 Å². The molecule has 21 heavy (non-hydrogen) atoms. The first kappa shape index (κ1) is 15.6. The van der Waals surface area contributed by atoms with Gasteiger partial charge in [-0.3, -0.25) is 4.79 Å². The number of ether oxygens (including phenoxy) is 1. The standard InChI is InChI=1S/C15H14Cl2N2O2/c1-10(20)21-12-7-14(16)13(15(17)8-12)9-18-19-11-5-3-2-4-6-11/h2-8,18-19H,9H2,1H3. The summed E-state index contributed by atoms with van der Waals surface area (Å²) in [7, 11) is 0. The Hall–Kier alpha value is -1.75. The van der Waals surface area contributed by atoms with Crippen LogP contribution in [0.5, 0.6) is 5.75 Å². The third-order valence-corrected chi connectivity index (χ3v) is 3.32. The van der Waals surface area contributed by atoms with Crippen molar-refractivity contribution in [1.29, 1.82) is 0 Å². The summed E-state index contributed by atoms with van der Waals surface area (Å²) in [4.78, 5) is 10.9. The minimum absolute atomic E-state index is 0.331. The predicted octanol–water partition coefficient (Wildman–Crippen LogP) is 4.04. The van der Waals surface area contributed by atoms with Crippen LogP contribution in [0, 0.1) is 0 Å². The number of rotatable bonds is 5. The highest BCUT2D eigenvalue weighted by atomic mass is 35.5. The Morgan fingerprint density at radius 1 is 1.14 bits per heavy atom. The van der Waals surface area contributed by atoms with Gasteiger partial charge in [0.1, 0.15) is 5.75 Å². The maximum atomic E-state index is 10.9. The van der Waals surface area contributed by atoms with E-state index in [9.17, 15) is 4.79 Å². The van der Waals surface area contributed by atoms with Gasteiger partial charge in [-0.25, -0.2) is 5.43 Å². The monoisotopic (exact) mass is 324 g/mol. The number of carbonyl (C=O) groups is 1. The summed E-state index contributed by atoms with van der Waals surface area (Å²) in [5.41, 5.74) is 7.73. The number of anilines is 1. The Balaban J connectivity index is 2.01. The topological polar surface area (TPSA) is 50.4 Å². The average Bonchev–Trinajstić information content (AvgIpc) is 2.42. The van der Waals surface area contributed by atoms with Crippen LogP contribution >= 0.6 is 23.2 Å². The second-order valence-electron chi connectivity index (χ2n) is 4.30. The molecule has 0 aromatic heterocycles. The quantitative estimate of drug-likeness (QED) is 0.495. The summed E-state index contributed by atoms with van der Waals surface area (Å²) in [5, 5.41) is 0.863. The van der Waals surface area contributed by atoms with Crippen molar-refractivity contribution < 1.29 is 9.53 Å². The molecule has 0 unspecified atom stereocenters. The molecule has 0 radical (unpaired) electrons. The van der Waals surface area contributed by atoms with E-state index in [1.165, 1.54) is 6.92 Å². The van der Waals surface area contributed by atoms with E-state index >= 15 is 0 Å². The van der Waals surface area contributed by atoms with E-state index in [0.29, 0.717) is 22.3 Å². The van der Waals surface area contributed by atoms with E-state index in [1.807, 2.05) is 30.3 Å². The SMILES string of the molecule is CC(=O)Oc1cc(Cl)c(CNNc2ccccc2)c(Cl)c1. The van der Waals surface area contributed by atoms with Crippen LogP contribution in [-0.2, 0) is 11.3 Å². The molecule has 0 spiro atoms. The first-order valence-corrected chi connectivity index (χ1v) is 7.02. The van der Waals surface area contributed by atoms with Gasteiger partial charge in [-0.05, 0) is 24.3 Å². The van der Waals surface area contributed by atoms with Crippen LogP contribution in [0.25, 0.3) is 0 Å². The summed E-state index contributed by atoms with van der Waals surface area (Å²) in [6, 6.07) is 12.8. The van der Waals surface area contributed by atoms with Crippen molar-refractivity contribution in [3.63, 3.8) is 0 Å². The molecule has 0 amide bonds. The van der Waals surface area contributed by atoms with Crippen LogP contribution in [0.3, 0.4) is 0 Å². The molecular weight excluding hydrogens is 311 g/mol. The van der Waals surface area contributed by atoms with E-state index in [0.717, 1.165) is 11.3 Å². The van der Waals surface area contributed by atoms with Gasteiger partial charge < -0.3 is 10.2 Å². The van der Waals surface area contributed by atoms with Gasteiger partial charge in [0.05, 0.1) is 10.0 Å². The van der Waals surface area contributed by atoms with Crippen molar-refractivity contribution in [2.75, 3.05) is 5.43 Å². The number of para-hydroxylation sites is 1. The molecule has 2 rings (SSSR count). The molecule has 2 N–H and O–H groups in total. The molecule has 0 atom stereocenters. The molecule has 0 bridgehead atoms. The Morgan fingerprint density at radius 2 is 1.76 bits per heavy atom. The summed E-state index contributed by atoms with van der Waals surface area (Å²) in [5.74, 6) is -0.0870. The summed E-state index contributed by atoms with van der Waals surface area (Å²) in [6.45, 7) is 1.74. The van der Waals surface area contributed by atoms with E-state index in [1.54, 1.807) is 12.1 Å². The number of hydrogen-bond donors (Lipinski definition) is 2. The van der Waals surface area contributed by atoms with Crippen molar-refractivity contribution in [2.45, 2.75) is 13.5 Å². The molecule has 0 saturated heterocycles. The van der Waals surface area contributed by atoms with Crippen LogP contribution in [0.1, 0.15) is 12.5 Å². The maximum Gasteiger partial charge on any atom is 0.308 e. The van der Waals surface area contributed by atoms with E-state index < -0.39 is 5.97 Å². The number of benzene rings is 2. The highest BCUT2D eigenvalue weighted by molar-refractivity contribution is 6.36. The lowest BCUT2D eigenvalue weighted by Gasteiger charge is -2.12. The normalized spacial score (nSPS) is 10.2. The number of halogens is 2. The van der Waals surface area contributed by atoms with E-state index in [-0.39, 0.29) is 0 Å². The van der Waals surface area contributed by atoms with Gasteiger partial charge in [0.15, 0.2) is 0 Å². The van der Waals surface area contributed by atoms with Gasteiger partial charge in [0.25, 0.3) is 0 Å². The van der Waals surface area contributed by atoms with Crippen LogP contribution in [0.4, 0.5) is 5.69 Å². The van der Waals surface area contributed by atoms with Gasteiger partial charge >= 0.3 is 5.97 Å². The zero-order valence-electron chi connectivity index (χ0n) is 11.3. The molecule has 6 heteroatoms. The number of esters is 1. The minimum atomic E-state index is -0.418. The molecule has 2 aromatic carbocycles. The van der Waals surface area contributed by atoms with Crippen molar-refractivity contribution in [2.24, 2.45) is 0 Å². The second-order valence-corrected chi connectivity index (χ2v) is 5.12. The Morgan fingerprint density at radius 3 is 2.33 bits per heavy atom. The van der Waals surface area contributed by atoms with Gasteiger partial charge in [-0.15, -0.1) is 0 Å². The van der Waals surface area contributed by atoms with Gasteiger partial charge in [0, 0.05) is 24.7 Å². The fourth-order valence-corrected chi connectivity index (χ4v) is 2.33. The third kappa shape index (κ3) is 4.63. The Kier molecular flexibility index (Phi) is 5.44. The zero-order chi connectivity index (χ0) is 15.2. The largest absolute Gasteiger partial charge is 0.427 e. The first-order chi connectivity index (χ1) is 10.1. The number of hydrogen-bond acceptors (Lipinski definition) is 4. The van der Waals surface area contributed by atoms with Crippen LogP contribution in [-0.4, -0.2) is 5.97 Å². The minimum Gasteiger partial charge on any atom is -0.427 e. The van der Waals surface area contributed by atoms with Crippen molar-refractivity contribution in [3.05, 3.63) is 58.1 Å². The fraction of sp³-hybridized carbons (Fsp3) is 0.133. The second kappa shape index (κ2) is 7.31. The van der Waals surface area contributed by atoms with Crippen LogP contribution in [0.15, 0.2) is 42.5 Å². The molecule has 0 aliphatic heterocycles.